The number of nitrogen functional groups attached to an aromatic ring is 2. The largest absolute Gasteiger partial charge is 0.368 e. The Bertz CT molecular complexity index is 349. The summed E-state index contributed by atoms with van der Waals surface area (Å²) in [6, 6.07) is 0. The molecular weight excluding hydrogens is 192 g/mol. The van der Waals surface area contributed by atoms with Crippen molar-refractivity contribution in [3.05, 3.63) is 0 Å². The lowest BCUT2D eigenvalue weighted by Gasteiger charge is -2.19. The molecule has 0 amide bonds. The van der Waals surface area contributed by atoms with E-state index in [0.29, 0.717) is 12.5 Å². The van der Waals surface area contributed by atoms with Gasteiger partial charge in [0.1, 0.15) is 0 Å². The summed E-state index contributed by atoms with van der Waals surface area (Å²) in [4.78, 5) is 13.5. The van der Waals surface area contributed by atoms with Gasteiger partial charge in [-0.1, -0.05) is 12.8 Å². The number of nitrogens with zero attached hydrogens (tertiary/aromatic N) is 4. The van der Waals surface area contributed by atoms with Crippen molar-refractivity contribution >= 4 is 17.8 Å². The van der Waals surface area contributed by atoms with Gasteiger partial charge >= 0.3 is 0 Å². The maximum absolute atomic E-state index is 5.47. The van der Waals surface area contributed by atoms with E-state index in [1.165, 1.54) is 0 Å². The molecule has 1 heterocycles. The van der Waals surface area contributed by atoms with E-state index in [1.807, 2.05) is 11.8 Å². The van der Waals surface area contributed by atoms with E-state index in [-0.39, 0.29) is 11.9 Å². The molecule has 1 aromatic heterocycles. The highest BCUT2D eigenvalue weighted by atomic mass is 15.3. The molecule has 0 saturated heterocycles. The number of hydrogen-bond donors (Lipinski definition) is 2. The van der Waals surface area contributed by atoms with Gasteiger partial charge in [0.15, 0.2) is 0 Å². The fourth-order valence-corrected chi connectivity index (χ4v) is 1.17. The Morgan fingerprint density at radius 2 is 1.87 bits per heavy atom. The van der Waals surface area contributed by atoms with Crippen LogP contribution in [0.15, 0.2) is 0 Å². The zero-order chi connectivity index (χ0) is 11.3. The SMILES string of the molecule is C#CCN(CCC)c1nc(N)nc(N)n1. The molecule has 0 radical (unpaired) electrons. The lowest BCUT2D eigenvalue weighted by molar-refractivity contribution is 0.788. The number of hydrogen-bond acceptors (Lipinski definition) is 6. The standard InChI is InChI=1S/C9H14N6/c1-3-5-15(6-4-2)9-13-7(10)12-8(11)14-9/h1H,4-6H2,2H3,(H4,10,11,12,13,14). The van der Waals surface area contributed by atoms with Crippen LogP contribution in [0.4, 0.5) is 17.8 Å². The minimum Gasteiger partial charge on any atom is -0.368 e. The first-order chi connectivity index (χ1) is 7.17. The quantitative estimate of drug-likeness (QED) is 0.667. The van der Waals surface area contributed by atoms with Crippen LogP contribution in [-0.4, -0.2) is 28.0 Å². The first-order valence-corrected chi connectivity index (χ1v) is 4.62. The van der Waals surface area contributed by atoms with Gasteiger partial charge in [0.2, 0.25) is 17.8 Å². The predicted octanol–water partition coefficient (Wildman–Crippen LogP) is -0.114. The summed E-state index contributed by atoms with van der Waals surface area (Å²) >= 11 is 0. The summed E-state index contributed by atoms with van der Waals surface area (Å²) in [5.41, 5.74) is 10.9. The number of aromatic nitrogens is 3. The van der Waals surface area contributed by atoms with E-state index in [4.69, 9.17) is 17.9 Å². The zero-order valence-electron chi connectivity index (χ0n) is 8.64. The topological polar surface area (TPSA) is 94.0 Å². The summed E-state index contributed by atoms with van der Waals surface area (Å²) in [6.45, 7) is 3.22. The van der Waals surface area contributed by atoms with Gasteiger partial charge in [0.25, 0.3) is 0 Å². The van der Waals surface area contributed by atoms with Crippen LogP contribution in [0.1, 0.15) is 13.3 Å². The van der Waals surface area contributed by atoms with Gasteiger partial charge < -0.3 is 16.4 Å². The van der Waals surface area contributed by atoms with Crippen molar-refractivity contribution in [3.63, 3.8) is 0 Å². The monoisotopic (exact) mass is 206 g/mol. The molecule has 0 saturated carbocycles. The van der Waals surface area contributed by atoms with E-state index >= 15 is 0 Å². The van der Waals surface area contributed by atoms with Crippen LogP contribution in [0.2, 0.25) is 0 Å². The fourth-order valence-electron chi connectivity index (χ4n) is 1.17. The van der Waals surface area contributed by atoms with Gasteiger partial charge in [-0.3, -0.25) is 0 Å². The summed E-state index contributed by atoms with van der Waals surface area (Å²) in [5, 5.41) is 0. The Hall–Kier alpha value is -2.03. The summed E-state index contributed by atoms with van der Waals surface area (Å²) in [5.74, 6) is 3.18. The molecule has 0 spiro atoms. The van der Waals surface area contributed by atoms with Gasteiger partial charge in [-0.05, 0) is 6.42 Å². The predicted molar refractivity (Wildman–Crippen MR) is 60.0 cm³/mol. The Kier molecular flexibility index (Phi) is 3.68. The molecule has 0 atom stereocenters. The lowest BCUT2D eigenvalue weighted by Crippen LogP contribution is -2.27. The van der Waals surface area contributed by atoms with E-state index < -0.39 is 0 Å². The molecule has 15 heavy (non-hydrogen) atoms. The van der Waals surface area contributed by atoms with Crippen molar-refractivity contribution in [2.75, 3.05) is 29.5 Å². The van der Waals surface area contributed by atoms with Gasteiger partial charge in [0, 0.05) is 6.54 Å². The molecule has 0 bridgehead atoms. The third kappa shape index (κ3) is 2.98. The van der Waals surface area contributed by atoms with Crippen molar-refractivity contribution in [3.8, 4) is 12.3 Å². The van der Waals surface area contributed by atoms with Gasteiger partial charge in [0.05, 0.1) is 6.54 Å². The van der Waals surface area contributed by atoms with Crippen LogP contribution in [0.25, 0.3) is 0 Å². The summed E-state index contributed by atoms with van der Waals surface area (Å²) in [6.07, 6.45) is 6.19. The Labute approximate surface area is 88.7 Å². The van der Waals surface area contributed by atoms with Crippen LogP contribution in [-0.2, 0) is 0 Å². The van der Waals surface area contributed by atoms with Gasteiger partial charge in [-0.25, -0.2) is 0 Å². The van der Waals surface area contributed by atoms with Crippen molar-refractivity contribution in [1.82, 2.24) is 15.0 Å². The normalized spacial score (nSPS) is 9.60. The van der Waals surface area contributed by atoms with E-state index in [9.17, 15) is 0 Å². The maximum atomic E-state index is 5.47. The second kappa shape index (κ2) is 5.00. The van der Waals surface area contributed by atoms with Gasteiger partial charge in [-0.15, -0.1) is 6.42 Å². The minimum atomic E-state index is 0.107. The third-order valence-electron chi connectivity index (χ3n) is 1.72. The molecule has 80 valence electrons. The van der Waals surface area contributed by atoms with Crippen LogP contribution in [0, 0.1) is 12.3 Å². The van der Waals surface area contributed by atoms with Crippen molar-refractivity contribution < 1.29 is 0 Å². The second-order valence-corrected chi connectivity index (χ2v) is 2.98. The Balaban J connectivity index is 2.95. The average Bonchev–Trinajstić information content (AvgIpc) is 2.16. The molecule has 0 aliphatic carbocycles. The van der Waals surface area contributed by atoms with Crippen LogP contribution >= 0.6 is 0 Å². The van der Waals surface area contributed by atoms with Crippen LogP contribution < -0.4 is 16.4 Å². The molecule has 4 N–H and O–H groups in total. The third-order valence-corrected chi connectivity index (χ3v) is 1.72. The van der Waals surface area contributed by atoms with Crippen LogP contribution in [0.3, 0.4) is 0 Å². The fraction of sp³-hybridized carbons (Fsp3) is 0.444. The minimum absolute atomic E-state index is 0.107. The number of terminal acetylenes is 1. The highest BCUT2D eigenvalue weighted by molar-refractivity contribution is 5.40. The molecule has 6 nitrogen and oxygen atoms in total. The summed E-state index contributed by atoms with van der Waals surface area (Å²) in [7, 11) is 0. The molecule has 1 aromatic rings. The van der Waals surface area contributed by atoms with Crippen LogP contribution in [0.5, 0.6) is 0 Å². The summed E-state index contributed by atoms with van der Waals surface area (Å²) < 4.78 is 0. The molecule has 0 unspecified atom stereocenters. The number of nitrogens with two attached hydrogens (primary N) is 2. The second-order valence-electron chi connectivity index (χ2n) is 2.98. The van der Waals surface area contributed by atoms with E-state index in [2.05, 4.69) is 20.9 Å². The molecule has 0 aromatic carbocycles. The molecule has 0 aliphatic rings. The van der Waals surface area contributed by atoms with Crippen molar-refractivity contribution in [2.45, 2.75) is 13.3 Å². The highest BCUT2D eigenvalue weighted by Gasteiger charge is 2.09. The smallest absolute Gasteiger partial charge is 0.232 e. The highest BCUT2D eigenvalue weighted by Crippen LogP contribution is 2.09. The number of anilines is 3. The van der Waals surface area contributed by atoms with Crippen molar-refractivity contribution in [1.29, 1.82) is 0 Å². The Morgan fingerprint density at radius 3 is 2.33 bits per heavy atom. The first-order valence-electron chi connectivity index (χ1n) is 4.62. The first kappa shape index (κ1) is 11.0. The zero-order valence-corrected chi connectivity index (χ0v) is 8.64. The molecule has 0 aliphatic heterocycles. The lowest BCUT2D eigenvalue weighted by atomic mass is 10.4. The molecule has 0 fully saturated rings. The maximum Gasteiger partial charge on any atom is 0.232 e. The molecular formula is C9H14N6. The number of rotatable bonds is 4. The molecule has 1 rings (SSSR count). The Morgan fingerprint density at radius 1 is 1.27 bits per heavy atom. The van der Waals surface area contributed by atoms with Crippen molar-refractivity contribution in [2.24, 2.45) is 0 Å². The average molecular weight is 206 g/mol. The van der Waals surface area contributed by atoms with E-state index in [1.54, 1.807) is 0 Å². The van der Waals surface area contributed by atoms with Gasteiger partial charge in [-0.2, -0.15) is 15.0 Å². The van der Waals surface area contributed by atoms with E-state index in [0.717, 1.165) is 13.0 Å². The molecule has 6 heteroatoms.